The zero-order valence-electron chi connectivity index (χ0n) is 9.57. The summed E-state index contributed by atoms with van der Waals surface area (Å²) in [5.74, 6) is 0. The lowest BCUT2D eigenvalue weighted by atomic mass is 10.1. The van der Waals surface area contributed by atoms with E-state index < -0.39 is 11.9 Å². The van der Waals surface area contributed by atoms with Gasteiger partial charge in [0.05, 0.1) is 0 Å². The van der Waals surface area contributed by atoms with Crippen LogP contribution in [-0.4, -0.2) is 21.7 Å². The van der Waals surface area contributed by atoms with Crippen molar-refractivity contribution in [1.82, 2.24) is 4.57 Å². The maximum atomic E-state index is 12.7. The van der Waals surface area contributed by atoms with Gasteiger partial charge in [-0.3, -0.25) is 0 Å². The number of aromatic nitrogens is 1. The molecule has 96 valence electrons. The van der Waals surface area contributed by atoms with Crippen molar-refractivity contribution in [2.75, 3.05) is 0 Å². The van der Waals surface area contributed by atoms with Crippen molar-refractivity contribution in [2.45, 2.75) is 19.6 Å². The summed E-state index contributed by atoms with van der Waals surface area (Å²) in [4.78, 5) is 0. The summed E-state index contributed by atoms with van der Waals surface area (Å²) in [6, 6.07) is 6.71. The number of fused-ring (bicyclic) bond motifs is 1. The average Bonchev–Trinajstić information content (AvgIpc) is 2.68. The average molecular weight is 256 g/mol. The fourth-order valence-corrected chi connectivity index (χ4v) is 1.96. The zero-order chi connectivity index (χ0) is 13.3. The standard InChI is InChI=1S/C12H11F3N2O/c1-2-17-7-9(11(16-18)12(13,14)15)8-5-3-4-6-10(8)17/h3-7,18H,2H2,1H3/b16-11+. The van der Waals surface area contributed by atoms with Crippen LogP contribution in [0.5, 0.6) is 0 Å². The van der Waals surface area contributed by atoms with E-state index >= 15 is 0 Å². The SMILES string of the molecule is CCn1cc(/C(=N\O)C(F)(F)F)c2ccccc21. The molecule has 0 spiro atoms. The van der Waals surface area contributed by atoms with E-state index in [9.17, 15) is 13.2 Å². The number of nitrogens with zero attached hydrogens (tertiary/aromatic N) is 2. The first-order valence-corrected chi connectivity index (χ1v) is 5.36. The molecule has 1 aromatic heterocycles. The van der Waals surface area contributed by atoms with Crippen molar-refractivity contribution in [3.05, 3.63) is 36.0 Å². The highest BCUT2D eigenvalue weighted by molar-refractivity contribution is 6.13. The van der Waals surface area contributed by atoms with Crippen molar-refractivity contribution < 1.29 is 18.4 Å². The second-order valence-electron chi connectivity index (χ2n) is 3.79. The minimum absolute atomic E-state index is 0.109. The van der Waals surface area contributed by atoms with E-state index in [1.165, 1.54) is 6.20 Å². The van der Waals surface area contributed by atoms with Gasteiger partial charge < -0.3 is 9.77 Å². The molecule has 1 heterocycles. The number of rotatable bonds is 2. The predicted molar refractivity (Wildman–Crippen MR) is 62.0 cm³/mol. The van der Waals surface area contributed by atoms with Crippen LogP contribution in [0.15, 0.2) is 35.6 Å². The molecule has 18 heavy (non-hydrogen) atoms. The first-order valence-electron chi connectivity index (χ1n) is 5.36. The molecule has 0 unspecified atom stereocenters. The number of halogens is 3. The number of hydrogen-bond donors (Lipinski definition) is 1. The van der Waals surface area contributed by atoms with Gasteiger partial charge in [0.25, 0.3) is 0 Å². The molecule has 0 aliphatic carbocycles. The Morgan fingerprint density at radius 2 is 2.00 bits per heavy atom. The van der Waals surface area contributed by atoms with Crippen LogP contribution in [0.3, 0.4) is 0 Å². The van der Waals surface area contributed by atoms with Crippen LogP contribution in [0.1, 0.15) is 12.5 Å². The first kappa shape index (κ1) is 12.5. The van der Waals surface area contributed by atoms with Gasteiger partial charge in [0.2, 0.25) is 0 Å². The summed E-state index contributed by atoms with van der Waals surface area (Å²) in [6.45, 7) is 2.37. The molecule has 0 bridgehead atoms. The summed E-state index contributed by atoms with van der Waals surface area (Å²) in [5, 5.41) is 11.4. The third kappa shape index (κ3) is 1.94. The molecule has 2 aromatic rings. The Bertz CT molecular complexity index is 599. The zero-order valence-corrected chi connectivity index (χ0v) is 9.57. The smallest absolute Gasteiger partial charge is 0.410 e. The van der Waals surface area contributed by atoms with Gasteiger partial charge in [0.15, 0.2) is 5.71 Å². The lowest BCUT2D eigenvalue weighted by molar-refractivity contribution is -0.0600. The van der Waals surface area contributed by atoms with Crippen LogP contribution in [0.25, 0.3) is 10.9 Å². The number of benzene rings is 1. The molecule has 0 saturated heterocycles. The van der Waals surface area contributed by atoms with Gasteiger partial charge in [-0.1, -0.05) is 23.4 Å². The van der Waals surface area contributed by atoms with Crippen LogP contribution in [0.4, 0.5) is 13.2 Å². The fourth-order valence-electron chi connectivity index (χ4n) is 1.96. The normalized spacial score (nSPS) is 13.2. The van der Waals surface area contributed by atoms with E-state index in [0.29, 0.717) is 17.4 Å². The lowest BCUT2D eigenvalue weighted by Gasteiger charge is -2.06. The minimum Gasteiger partial charge on any atom is -0.410 e. The van der Waals surface area contributed by atoms with Gasteiger partial charge in [-0.15, -0.1) is 0 Å². The van der Waals surface area contributed by atoms with Gasteiger partial charge in [-0.2, -0.15) is 13.2 Å². The van der Waals surface area contributed by atoms with Crippen molar-refractivity contribution in [2.24, 2.45) is 5.16 Å². The Hall–Kier alpha value is -1.98. The van der Waals surface area contributed by atoms with Crippen molar-refractivity contribution in [3.8, 4) is 0 Å². The van der Waals surface area contributed by atoms with Crippen LogP contribution >= 0.6 is 0 Å². The van der Waals surface area contributed by atoms with Crippen LogP contribution < -0.4 is 0 Å². The molecule has 0 aliphatic rings. The highest BCUT2D eigenvalue weighted by Gasteiger charge is 2.39. The van der Waals surface area contributed by atoms with E-state index in [2.05, 4.69) is 5.16 Å². The molecule has 1 N–H and O–H groups in total. The Morgan fingerprint density at radius 1 is 1.33 bits per heavy atom. The quantitative estimate of drug-likeness (QED) is 0.499. The highest BCUT2D eigenvalue weighted by atomic mass is 19.4. The third-order valence-electron chi connectivity index (χ3n) is 2.75. The minimum atomic E-state index is -4.68. The molecule has 0 fully saturated rings. The topological polar surface area (TPSA) is 37.5 Å². The van der Waals surface area contributed by atoms with Gasteiger partial charge in [0.1, 0.15) is 0 Å². The Balaban J connectivity index is 2.72. The largest absolute Gasteiger partial charge is 0.437 e. The molecule has 6 heteroatoms. The Labute approximate surface area is 101 Å². The molecular formula is C12H11F3N2O. The summed E-state index contributed by atoms with van der Waals surface area (Å²) >= 11 is 0. The Kier molecular flexibility index (Phi) is 3.02. The number of hydrogen-bond acceptors (Lipinski definition) is 2. The number of oxime groups is 1. The van der Waals surface area contributed by atoms with Crippen LogP contribution in [-0.2, 0) is 6.54 Å². The van der Waals surface area contributed by atoms with Crippen molar-refractivity contribution in [3.63, 3.8) is 0 Å². The van der Waals surface area contributed by atoms with Crippen molar-refractivity contribution in [1.29, 1.82) is 0 Å². The molecule has 2 rings (SSSR count). The molecule has 3 nitrogen and oxygen atoms in total. The number of para-hydroxylation sites is 1. The molecule has 0 radical (unpaired) electrons. The predicted octanol–water partition coefficient (Wildman–Crippen LogP) is 3.40. The molecular weight excluding hydrogens is 245 g/mol. The first-order chi connectivity index (χ1) is 8.49. The highest BCUT2D eigenvalue weighted by Crippen LogP contribution is 2.29. The van der Waals surface area contributed by atoms with Gasteiger partial charge in [0, 0.05) is 29.2 Å². The second-order valence-corrected chi connectivity index (χ2v) is 3.79. The second kappa shape index (κ2) is 4.36. The monoisotopic (exact) mass is 256 g/mol. The van der Waals surface area contributed by atoms with Gasteiger partial charge in [-0.25, -0.2) is 0 Å². The summed E-state index contributed by atoms with van der Waals surface area (Å²) in [7, 11) is 0. The molecule has 0 saturated carbocycles. The summed E-state index contributed by atoms with van der Waals surface area (Å²) < 4.78 is 39.9. The van der Waals surface area contributed by atoms with E-state index in [-0.39, 0.29) is 5.56 Å². The van der Waals surface area contributed by atoms with E-state index in [1.807, 2.05) is 6.92 Å². The third-order valence-corrected chi connectivity index (χ3v) is 2.75. The number of alkyl halides is 3. The fraction of sp³-hybridized carbons (Fsp3) is 0.250. The number of aryl methyl sites for hydroxylation is 1. The molecule has 0 aliphatic heterocycles. The van der Waals surface area contributed by atoms with Crippen LogP contribution in [0, 0.1) is 0 Å². The van der Waals surface area contributed by atoms with E-state index in [4.69, 9.17) is 5.21 Å². The Morgan fingerprint density at radius 3 is 2.56 bits per heavy atom. The van der Waals surface area contributed by atoms with Gasteiger partial charge in [-0.05, 0) is 13.0 Å². The van der Waals surface area contributed by atoms with E-state index in [1.54, 1.807) is 28.8 Å². The maximum Gasteiger partial charge on any atom is 0.437 e. The molecule has 0 amide bonds. The lowest BCUT2D eigenvalue weighted by Crippen LogP contribution is -2.23. The molecule has 0 atom stereocenters. The van der Waals surface area contributed by atoms with E-state index in [0.717, 1.165) is 0 Å². The van der Waals surface area contributed by atoms with Crippen molar-refractivity contribution >= 4 is 16.6 Å². The summed E-state index contributed by atoms with van der Waals surface area (Å²) in [5.41, 5.74) is -0.700. The van der Waals surface area contributed by atoms with Crippen LogP contribution in [0.2, 0.25) is 0 Å². The summed E-state index contributed by atoms with van der Waals surface area (Å²) in [6.07, 6.45) is -3.33. The van der Waals surface area contributed by atoms with Gasteiger partial charge >= 0.3 is 6.18 Å². The maximum absolute atomic E-state index is 12.7. The molecule has 1 aromatic carbocycles.